The van der Waals surface area contributed by atoms with Gasteiger partial charge in [0.15, 0.2) is 0 Å². The molecule has 0 fully saturated rings. The van der Waals surface area contributed by atoms with Crippen molar-refractivity contribution in [1.82, 2.24) is 5.48 Å². The summed E-state index contributed by atoms with van der Waals surface area (Å²) in [5.74, 6) is 0. The van der Waals surface area contributed by atoms with E-state index in [-0.39, 0.29) is 5.66 Å². The van der Waals surface area contributed by atoms with Gasteiger partial charge in [-0.1, -0.05) is 13.8 Å². The van der Waals surface area contributed by atoms with Crippen LogP contribution in [0, 0.1) is 0 Å². The zero-order valence-electron chi connectivity index (χ0n) is 8.15. The molecule has 0 saturated heterocycles. The molecule has 0 aliphatic heterocycles. The standard InChI is InChI=1S/C7H16NO4P/c1-4-7(3)13(10,11-5-2)12-8-6-9/h6-7H,4-5H2,1-3H3,(H,8,9). The van der Waals surface area contributed by atoms with E-state index < -0.39 is 7.60 Å². The number of carbonyl (C=O) groups excluding carboxylic acids is 1. The molecule has 0 rings (SSSR count). The minimum Gasteiger partial charge on any atom is -0.307 e. The Kier molecular flexibility index (Phi) is 5.95. The maximum Gasteiger partial charge on any atom is 0.354 e. The van der Waals surface area contributed by atoms with Gasteiger partial charge in [0.2, 0.25) is 6.41 Å². The van der Waals surface area contributed by atoms with Crippen LogP contribution in [0.4, 0.5) is 0 Å². The monoisotopic (exact) mass is 209 g/mol. The first-order valence-electron chi connectivity index (χ1n) is 4.22. The maximum atomic E-state index is 11.8. The summed E-state index contributed by atoms with van der Waals surface area (Å²) in [7, 11) is -3.17. The van der Waals surface area contributed by atoms with Crippen molar-refractivity contribution in [2.45, 2.75) is 32.9 Å². The van der Waals surface area contributed by atoms with E-state index in [1.54, 1.807) is 13.8 Å². The molecule has 6 heteroatoms. The zero-order chi connectivity index (χ0) is 10.3. The number of amides is 1. The van der Waals surface area contributed by atoms with Gasteiger partial charge in [-0.25, -0.2) is 5.48 Å². The van der Waals surface area contributed by atoms with Crippen molar-refractivity contribution in [3.63, 3.8) is 0 Å². The highest BCUT2D eigenvalue weighted by molar-refractivity contribution is 7.54. The maximum absolute atomic E-state index is 11.8. The van der Waals surface area contributed by atoms with Crippen LogP contribution in [0.25, 0.3) is 0 Å². The molecular formula is C7H16NO4P. The topological polar surface area (TPSA) is 64.6 Å². The Hall–Kier alpha value is -0.380. The number of hydrogen-bond donors (Lipinski definition) is 1. The highest BCUT2D eigenvalue weighted by Crippen LogP contribution is 2.52. The molecule has 1 amide bonds. The summed E-state index contributed by atoms with van der Waals surface area (Å²) < 4.78 is 21.5. The first kappa shape index (κ1) is 12.6. The summed E-state index contributed by atoms with van der Waals surface area (Å²) in [5.41, 5.74) is 1.70. The summed E-state index contributed by atoms with van der Waals surface area (Å²) in [5, 5.41) is 0. The van der Waals surface area contributed by atoms with Crippen LogP contribution in [0.15, 0.2) is 0 Å². The molecule has 13 heavy (non-hydrogen) atoms. The summed E-state index contributed by atoms with van der Waals surface area (Å²) >= 11 is 0. The first-order chi connectivity index (χ1) is 6.10. The lowest BCUT2D eigenvalue weighted by atomic mass is 10.4. The fourth-order valence-corrected chi connectivity index (χ4v) is 2.23. The van der Waals surface area contributed by atoms with Crippen LogP contribution >= 0.6 is 7.60 Å². The van der Waals surface area contributed by atoms with Gasteiger partial charge in [0.1, 0.15) is 0 Å². The average Bonchev–Trinajstić information content (AvgIpc) is 2.14. The van der Waals surface area contributed by atoms with E-state index in [2.05, 4.69) is 4.62 Å². The third-order valence-electron chi connectivity index (χ3n) is 1.67. The molecule has 78 valence electrons. The normalized spacial score (nSPS) is 17.5. The smallest absolute Gasteiger partial charge is 0.307 e. The van der Waals surface area contributed by atoms with Crippen LogP contribution in [0.5, 0.6) is 0 Å². The van der Waals surface area contributed by atoms with Crippen molar-refractivity contribution in [3.05, 3.63) is 0 Å². The van der Waals surface area contributed by atoms with E-state index in [1.165, 1.54) is 0 Å². The van der Waals surface area contributed by atoms with Crippen LogP contribution in [-0.2, 0) is 18.5 Å². The van der Waals surface area contributed by atoms with E-state index in [9.17, 15) is 9.36 Å². The van der Waals surface area contributed by atoms with Crippen molar-refractivity contribution in [2.75, 3.05) is 6.61 Å². The first-order valence-corrected chi connectivity index (χ1v) is 5.83. The second-order valence-electron chi connectivity index (χ2n) is 2.54. The molecule has 5 nitrogen and oxygen atoms in total. The second kappa shape index (κ2) is 6.13. The van der Waals surface area contributed by atoms with Crippen molar-refractivity contribution in [3.8, 4) is 0 Å². The van der Waals surface area contributed by atoms with Crippen LogP contribution in [0.3, 0.4) is 0 Å². The van der Waals surface area contributed by atoms with Gasteiger partial charge in [-0.2, -0.15) is 4.62 Å². The Morgan fingerprint density at radius 2 is 2.15 bits per heavy atom. The molecule has 0 aromatic rings. The van der Waals surface area contributed by atoms with Crippen molar-refractivity contribution >= 4 is 14.0 Å². The Morgan fingerprint density at radius 3 is 2.54 bits per heavy atom. The summed E-state index contributed by atoms with van der Waals surface area (Å²) in [6, 6.07) is 0. The predicted molar refractivity (Wildman–Crippen MR) is 49.3 cm³/mol. The lowest BCUT2D eigenvalue weighted by Crippen LogP contribution is -2.17. The fourth-order valence-electron chi connectivity index (χ4n) is 0.742. The Bertz CT molecular complexity index is 197. The molecule has 0 heterocycles. The van der Waals surface area contributed by atoms with E-state index in [4.69, 9.17) is 4.52 Å². The lowest BCUT2D eigenvalue weighted by molar-refractivity contribution is -0.115. The minimum atomic E-state index is -3.17. The third kappa shape index (κ3) is 3.89. The highest BCUT2D eigenvalue weighted by atomic mass is 31.2. The highest BCUT2D eigenvalue weighted by Gasteiger charge is 2.31. The van der Waals surface area contributed by atoms with Crippen molar-refractivity contribution in [1.29, 1.82) is 0 Å². The Balaban J connectivity index is 4.32. The van der Waals surface area contributed by atoms with E-state index >= 15 is 0 Å². The summed E-state index contributed by atoms with van der Waals surface area (Å²) in [4.78, 5) is 9.95. The van der Waals surface area contributed by atoms with Gasteiger partial charge >= 0.3 is 7.60 Å². The number of hydrogen-bond acceptors (Lipinski definition) is 4. The third-order valence-corrected chi connectivity index (χ3v) is 4.09. The molecule has 0 spiro atoms. The predicted octanol–water partition coefficient (Wildman–Crippen LogP) is 1.69. The number of hydroxylamine groups is 1. The van der Waals surface area contributed by atoms with Crippen LogP contribution < -0.4 is 5.48 Å². The molecule has 0 aliphatic carbocycles. The van der Waals surface area contributed by atoms with E-state index in [1.807, 2.05) is 12.4 Å². The van der Waals surface area contributed by atoms with Crippen molar-refractivity contribution in [2.24, 2.45) is 0 Å². The van der Waals surface area contributed by atoms with Gasteiger partial charge in [0.05, 0.1) is 12.3 Å². The van der Waals surface area contributed by atoms with Gasteiger partial charge < -0.3 is 4.52 Å². The van der Waals surface area contributed by atoms with Crippen LogP contribution in [-0.4, -0.2) is 18.7 Å². The van der Waals surface area contributed by atoms with E-state index in [0.717, 1.165) is 0 Å². The number of carbonyl (C=O) groups is 1. The molecular weight excluding hydrogens is 193 g/mol. The van der Waals surface area contributed by atoms with E-state index in [0.29, 0.717) is 19.4 Å². The van der Waals surface area contributed by atoms with Gasteiger partial charge in [-0.15, -0.1) is 0 Å². The minimum absolute atomic E-state index is 0.222. The van der Waals surface area contributed by atoms with Gasteiger partial charge in [-0.3, -0.25) is 9.36 Å². The number of rotatable bonds is 7. The quantitative estimate of drug-likeness (QED) is 0.393. The zero-order valence-corrected chi connectivity index (χ0v) is 9.04. The molecule has 1 N–H and O–H groups in total. The van der Waals surface area contributed by atoms with Crippen LogP contribution in [0.2, 0.25) is 0 Å². The summed E-state index contributed by atoms with van der Waals surface area (Å²) in [6.07, 6.45) is 0.992. The molecule has 0 bridgehead atoms. The Labute approximate surface area is 78.3 Å². The number of nitrogens with one attached hydrogen (secondary N) is 1. The fraction of sp³-hybridized carbons (Fsp3) is 0.857. The van der Waals surface area contributed by atoms with Gasteiger partial charge in [0, 0.05) is 0 Å². The lowest BCUT2D eigenvalue weighted by Gasteiger charge is -2.21. The average molecular weight is 209 g/mol. The molecule has 0 radical (unpaired) electrons. The summed E-state index contributed by atoms with van der Waals surface area (Å²) in [6.45, 7) is 5.64. The van der Waals surface area contributed by atoms with Gasteiger partial charge in [0.25, 0.3) is 0 Å². The molecule has 2 atom stereocenters. The van der Waals surface area contributed by atoms with Gasteiger partial charge in [-0.05, 0) is 13.3 Å². The molecule has 0 aromatic carbocycles. The molecule has 0 saturated carbocycles. The Morgan fingerprint density at radius 1 is 1.54 bits per heavy atom. The van der Waals surface area contributed by atoms with Crippen molar-refractivity contribution < 1.29 is 18.5 Å². The molecule has 2 unspecified atom stereocenters. The van der Waals surface area contributed by atoms with Crippen LogP contribution in [0.1, 0.15) is 27.2 Å². The molecule has 0 aromatic heterocycles. The largest absolute Gasteiger partial charge is 0.354 e. The second-order valence-corrected chi connectivity index (χ2v) is 4.94. The molecule has 0 aliphatic rings. The SMILES string of the molecule is CCOP(=O)(ONC=O)C(C)CC.